The largest absolute Gasteiger partial charge is 0.413 e. The molecular weight excluding hydrogens is 173 g/mol. The number of nitrogens with one attached hydrogen (secondary N) is 1. The van der Waals surface area contributed by atoms with Crippen LogP contribution in [0.2, 0.25) is 0 Å². The van der Waals surface area contributed by atoms with Crippen molar-refractivity contribution in [1.29, 1.82) is 0 Å². The first kappa shape index (κ1) is 10.6. The molecule has 0 fully saturated rings. The van der Waals surface area contributed by atoms with Crippen LogP contribution >= 0.6 is 7.60 Å². The highest BCUT2D eigenvalue weighted by molar-refractivity contribution is 7.69. The van der Waals surface area contributed by atoms with E-state index in [1.807, 2.05) is 5.32 Å². The third kappa shape index (κ3) is 4.92. The smallest absolute Gasteiger partial charge is 0.383 e. The molecule has 6 nitrogen and oxygen atoms in total. The van der Waals surface area contributed by atoms with Crippen LogP contribution in [0.4, 0.5) is 4.79 Å². The number of amides is 1. The Hall–Kier alpha value is -0.420. The molecule has 0 saturated heterocycles. The van der Waals surface area contributed by atoms with E-state index in [0.29, 0.717) is 0 Å². The predicted octanol–water partition coefficient (Wildman–Crippen LogP) is -0.480. The first-order valence-electron chi connectivity index (χ1n) is 2.81. The highest BCUT2D eigenvalue weighted by Crippen LogP contribution is 2.34. The Labute approximate surface area is 63.7 Å². The number of methoxy groups -OCH3 is 1. The molecule has 3 N–H and O–H groups in total. The van der Waals surface area contributed by atoms with Gasteiger partial charge in [0.1, 0.15) is 0 Å². The van der Waals surface area contributed by atoms with Gasteiger partial charge in [0.2, 0.25) is 0 Å². The van der Waals surface area contributed by atoms with Crippen molar-refractivity contribution >= 4 is 13.2 Å². The minimum absolute atomic E-state index is 0.0977. The van der Waals surface area contributed by atoms with Gasteiger partial charge in [0.25, 0.3) is 0 Å². The van der Waals surface area contributed by atoms with Crippen molar-refractivity contribution in [3.63, 3.8) is 0 Å². The van der Waals surface area contributed by atoms with E-state index >= 15 is 0 Å². The summed E-state index contributed by atoms with van der Waals surface area (Å²) in [6.45, 7) is 0.326. The van der Waals surface area contributed by atoms with Crippen molar-refractivity contribution in [1.82, 2.24) is 5.32 Å². The maximum Gasteiger partial charge on any atom is 0.413 e. The van der Waals surface area contributed by atoms with Crippen LogP contribution in [0.5, 0.6) is 0 Å². The molecule has 1 amide bonds. The quantitative estimate of drug-likeness (QED) is 0.404. The second-order valence-corrected chi connectivity index (χ2v) is 3.26. The van der Waals surface area contributed by atoms with Crippen LogP contribution in [0.25, 0.3) is 0 Å². The van der Waals surface area contributed by atoms with Crippen LogP contribution in [0.1, 0.15) is 0 Å². The Bertz CT molecular complexity index is 175. The van der Waals surface area contributed by atoms with E-state index in [9.17, 15) is 9.36 Å². The molecule has 0 radical (unpaired) electrons. The molecule has 0 saturated carbocycles. The number of rotatable bonds is 4. The molecule has 11 heavy (non-hydrogen) atoms. The Kier molecular flexibility index (Phi) is 4.29. The third-order valence-electron chi connectivity index (χ3n) is 0.847. The maximum atomic E-state index is 10.4. The fraction of sp³-hybridized carbons (Fsp3) is 0.750. The zero-order chi connectivity index (χ0) is 8.91. The molecule has 0 rings (SSSR count). The molecule has 0 aromatic carbocycles. The monoisotopic (exact) mass is 183 g/mol. The Morgan fingerprint density at radius 2 is 2.18 bits per heavy atom. The minimum atomic E-state index is -4.60. The third-order valence-corrected chi connectivity index (χ3v) is 1.53. The zero-order valence-electron chi connectivity index (χ0n) is 5.98. The molecule has 0 aromatic heterocycles. The summed E-state index contributed by atoms with van der Waals surface area (Å²) in [6.07, 6.45) is 0. The summed E-state index contributed by atoms with van der Waals surface area (Å²) < 4.78 is 14.7. The summed E-state index contributed by atoms with van der Waals surface area (Å²) in [5.41, 5.74) is -1.27. The van der Waals surface area contributed by atoms with Gasteiger partial charge in [-0.05, 0) is 0 Å². The van der Waals surface area contributed by atoms with E-state index in [-0.39, 0.29) is 13.2 Å². The highest BCUT2D eigenvalue weighted by atomic mass is 31.2. The van der Waals surface area contributed by atoms with Crippen molar-refractivity contribution in [3.05, 3.63) is 0 Å². The Morgan fingerprint density at radius 1 is 1.64 bits per heavy atom. The lowest BCUT2D eigenvalue weighted by atomic mass is 10.7. The molecule has 0 spiro atoms. The zero-order valence-corrected chi connectivity index (χ0v) is 6.88. The van der Waals surface area contributed by atoms with Crippen LogP contribution < -0.4 is 5.32 Å². The molecule has 0 aliphatic heterocycles. The summed E-state index contributed by atoms with van der Waals surface area (Å²) in [7, 11) is -3.18. The van der Waals surface area contributed by atoms with Crippen molar-refractivity contribution in [2.75, 3.05) is 20.3 Å². The number of carbonyl (C=O) groups is 1. The lowest BCUT2D eigenvalue weighted by molar-refractivity contribution is 0.198. The summed E-state index contributed by atoms with van der Waals surface area (Å²) in [5.74, 6) is 0. The van der Waals surface area contributed by atoms with E-state index in [4.69, 9.17) is 9.79 Å². The standard InChI is InChI=1S/C4H10NO5P/c1-10-3-2-5-4(6)11(7,8)9/h2-3H2,1H3,(H,5,6)(H2,7,8,9). The normalized spacial score (nSPS) is 11.2. The maximum absolute atomic E-state index is 10.4. The SMILES string of the molecule is COCCNC(=O)P(=O)(O)O. The molecule has 66 valence electrons. The van der Waals surface area contributed by atoms with Gasteiger partial charge in [0.15, 0.2) is 0 Å². The topological polar surface area (TPSA) is 95.9 Å². The van der Waals surface area contributed by atoms with Crippen molar-refractivity contribution in [2.45, 2.75) is 0 Å². The summed E-state index contributed by atoms with van der Waals surface area (Å²) in [5, 5.41) is 2.00. The highest BCUT2D eigenvalue weighted by Gasteiger charge is 2.24. The van der Waals surface area contributed by atoms with E-state index < -0.39 is 13.2 Å². The number of ether oxygens (including phenoxy) is 1. The van der Waals surface area contributed by atoms with E-state index in [0.717, 1.165) is 0 Å². The van der Waals surface area contributed by atoms with Gasteiger partial charge in [-0.1, -0.05) is 0 Å². The Morgan fingerprint density at radius 3 is 2.55 bits per heavy atom. The second-order valence-electron chi connectivity index (χ2n) is 1.77. The number of hydrogen-bond acceptors (Lipinski definition) is 3. The number of hydrogen-bond donors (Lipinski definition) is 3. The van der Waals surface area contributed by atoms with Crippen LogP contribution in [0.3, 0.4) is 0 Å². The fourth-order valence-electron chi connectivity index (χ4n) is 0.363. The van der Waals surface area contributed by atoms with Crippen LogP contribution in [0.15, 0.2) is 0 Å². The molecular formula is C4H10NO5P. The molecule has 0 heterocycles. The molecule has 0 aliphatic carbocycles. The minimum Gasteiger partial charge on any atom is -0.383 e. The van der Waals surface area contributed by atoms with Crippen LogP contribution in [-0.2, 0) is 9.30 Å². The van der Waals surface area contributed by atoms with Gasteiger partial charge in [-0.3, -0.25) is 4.79 Å². The molecule has 7 heteroatoms. The van der Waals surface area contributed by atoms with Crippen LogP contribution in [0, 0.1) is 0 Å². The van der Waals surface area contributed by atoms with Gasteiger partial charge in [0.05, 0.1) is 6.61 Å². The van der Waals surface area contributed by atoms with Gasteiger partial charge < -0.3 is 19.8 Å². The summed E-state index contributed by atoms with van der Waals surface area (Å²) >= 11 is 0. The first-order valence-corrected chi connectivity index (χ1v) is 4.42. The van der Waals surface area contributed by atoms with E-state index in [1.165, 1.54) is 7.11 Å². The lowest BCUT2D eigenvalue weighted by Gasteiger charge is -2.04. The van der Waals surface area contributed by atoms with Gasteiger partial charge >= 0.3 is 13.2 Å². The molecule has 0 aromatic rings. The number of carbonyl (C=O) groups excluding carboxylic acids is 1. The molecule has 0 unspecified atom stereocenters. The van der Waals surface area contributed by atoms with Crippen LogP contribution in [-0.4, -0.2) is 35.7 Å². The second kappa shape index (κ2) is 4.46. The van der Waals surface area contributed by atoms with Gasteiger partial charge in [0, 0.05) is 13.7 Å². The van der Waals surface area contributed by atoms with Gasteiger partial charge in [-0.15, -0.1) is 0 Å². The predicted molar refractivity (Wildman–Crippen MR) is 37.3 cm³/mol. The van der Waals surface area contributed by atoms with Crippen molar-refractivity contribution < 1.29 is 23.9 Å². The van der Waals surface area contributed by atoms with Gasteiger partial charge in [-0.2, -0.15) is 0 Å². The summed E-state index contributed by atoms with van der Waals surface area (Å²) in [6, 6.07) is 0. The average molecular weight is 183 g/mol. The summed E-state index contributed by atoms with van der Waals surface area (Å²) in [4.78, 5) is 26.9. The molecule has 0 bridgehead atoms. The fourth-order valence-corrected chi connectivity index (χ4v) is 0.681. The molecule has 0 atom stereocenters. The van der Waals surface area contributed by atoms with E-state index in [2.05, 4.69) is 4.74 Å². The first-order chi connectivity index (χ1) is 4.98. The Balaban J connectivity index is 3.63. The van der Waals surface area contributed by atoms with Gasteiger partial charge in [-0.25, -0.2) is 4.57 Å². The average Bonchev–Trinajstić information content (AvgIpc) is 1.86. The van der Waals surface area contributed by atoms with E-state index in [1.54, 1.807) is 0 Å². The lowest BCUT2D eigenvalue weighted by Crippen LogP contribution is -2.25. The van der Waals surface area contributed by atoms with Crippen molar-refractivity contribution in [3.8, 4) is 0 Å². The van der Waals surface area contributed by atoms with Crippen molar-refractivity contribution in [2.24, 2.45) is 0 Å². The molecule has 0 aliphatic rings.